The van der Waals surface area contributed by atoms with Crippen molar-refractivity contribution in [3.05, 3.63) is 62.6 Å². The van der Waals surface area contributed by atoms with Crippen LogP contribution in [0.2, 0.25) is 15.1 Å². The number of carbonyl (C=O) groups excluding carboxylic acids is 1. The lowest BCUT2D eigenvalue weighted by atomic mass is 9.71. The first-order chi connectivity index (χ1) is 14.4. The van der Waals surface area contributed by atoms with Crippen LogP contribution in [0.4, 0.5) is 0 Å². The van der Waals surface area contributed by atoms with Gasteiger partial charge in [-0.1, -0.05) is 58.6 Å². The topological polar surface area (TPSA) is 29.5 Å². The third-order valence-corrected chi connectivity index (χ3v) is 7.65. The highest BCUT2D eigenvalue weighted by molar-refractivity contribution is 6.36. The van der Waals surface area contributed by atoms with E-state index in [-0.39, 0.29) is 17.8 Å². The SMILES string of the molecule is COC(=O)[C@H]1[C@@H]2C[C@@H]3CC[C@H]1N3C/C2=C\c1ccc(-c2cc(Cl)cc(Cl)c2)c(Cl)c1. The van der Waals surface area contributed by atoms with Crippen LogP contribution in [0, 0.1) is 11.8 Å². The average molecular weight is 463 g/mol. The van der Waals surface area contributed by atoms with E-state index in [1.54, 1.807) is 6.07 Å². The van der Waals surface area contributed by atoms with E-state index in [0.29, 0.717) is 27.2 Å². The Balaban J connectivity index is 1.47. The van der Waals surface area contributed by atoms with Gasteiger partial charge in [-0.2, -0.15) is 0 Å². The van der Waals surface area contributed by atoms with Crippen molar-refractivity contribution < 1.29 is 9.53 Å². The second-order valence-electron chi connectivity index (χ2n) is 8.48. The standard InChI is InChI=1S/C24H22Cl3NO2/c1-30-24(29)23-20-11-18-3-5-22(23)28(18)12-15(20)6-13-2-4-19(21(27)7-13)14-8-16(25)10-17(26)9-14/h2,4,6-10,18,20,22-23H,3,5,11-12H2,1H3/b15-6+/t18-,20+,22+,23-/m0/s1. The van der Waals surface area contributed by atoms with Gasteiger partial charge in [-0.3, -0.25) is 9.69 Å². The molecule has 6 rings (SSSR count). The summed E-state index contributed by atoms with van der Waals surface area (Å²) in [6.07, 6.45) is 5.52. The predicted molar refractivity (Wildman–Crippen MR) is 122 cm³/mol. The Labute approximate surface area is 191 Å². The zero-order valence-corrected chi connectivity index (χ0v) is 18.8. The van der Waals surface area contributed by atoms with Crippen molar-refractivity contribution in [2.45, 2.75) is 31.3 Å². The molecule has 30 heavy (non-hydrogen) atoms. The molecule has 0 spiro atoms. The van der Waals surface area contributed by atoms with Gasteiger partial charge in [0.2, 0.25) is 0 Å². The molecule has 1 unspecified atom stereocenters. The van der Waals surface area contributed by atoms with Gasteiger partial charge in [-0.05, 0) is 60.6 Å². The van der Waals surface area contributed by atoms with Crippen molar-refractivity contribution in [1.82, 2.24) is 4.90 Å². The molecule has 6 heteroatoms. The molecule has 4 fully saturated rings. The highest BCUT2D eigenvalue weighted by atomic mass is 35.5. The summed E-state index contributed by atoms with van der Waals surface area (Å²) in [7, 11) is 1.50. The van der Waals surface area contributed by atoms with Gasteiger partial charge in [-0.15, -0.1) is 0 Å². The third-order valence-electron chi connectivity index (χ3n) is 6.90. The Kier molecular flexibility index (Phi) is 5.35. The minimum Gasteiger partial charge on any atom is -0.469 e. The number of rotatable bonds is 3. The van der Waals surface area contributed by atoms with Gasteiger partial charge >= 0.3 is 5.97 Å². The van der Waals surface area contributed by atoms with E-state index in [2.05, 4.69) is 17.0 Å². The summed E-state index contributed by atoms with van der Waals surface area (Å²) < 4.78 is 5.16. The van der Waals surface area contributed by atoms with Crippen LogP contribution in [0.3, 0.4) is 0 Å². The molecular weight excluding hydrogens is 441 g/mol. The quantitative estimate of drug-likeness (QED) is 0.498. The average Bonchev–Trinajstić information content (AvgIpc) is 3.01. The van der Waals surface area contributed by atoms with Crippen LogP contribution < -0.4 is 0 Å². The normalized spacial score (nSPS) is 30.7. The minimum absolute atomic E-state index is 0.0582. The highest BCUT2D eigenvalue weighted by Gasteiger charge is 2.55. The summed E-state index contributed by atoms with van der Waals surface area (Å²) in [6, 6.07) is 12.4. The van der Waals surface area contributed by atoms with E-state index in [1.165, 1.54) is 19.1 Å². The van der Waals surface area contributed by atoms with Gasteiger partial charge in [0.15, 0.2) is 0 Å². The summed E-state index contributed by atoms with van der Waals surface area (Å²) in [5.41, 5.74) is 4.12. The van der Waals surface area contributed by atoms with E-state index in [4.69, 9.17) is 39.5 Å². The molecule has 156 valence electrons. The molecule has 4 heterocycles. The van der Waals surface area contributed by atoms with Gasteiger partial charge in [0, 0.05) is 39.3 Å². The van der Waals surface area contributed by atoms with Crippen molar-refractivity contribution in [2.24, 2.45) is 11.8 Å². The van der Waals surface area contributed by atoms with E-state index >= 15 is 0 Å². The number of hydrogen-bond donors (Lipinski definition) is 0. The van der Waals surface area contributed by atoms with Gasteiger partial charge < -0.3 is 4.74 Å². The zero-order chi connectivity index (χ0) is 21.0. The van der Waals surface area contributed by atoms with Crippen LogP contribution in [-0.2, 0) is 9.53 Å². The predicted octanol–water partition coefficient (Wildman–Crippen LogP) is 6.35. The Morgan fingerprint density at radius 1 is 1.10 bits per heavy atom. The molecule has 4 aliphatic heterocycles. The second-order valence-corrected chi connectivity index (χ2v) is 9.76. The van der Waals surface area contributed by atoms with E-state index in [1.807, 2.05) is 24.3 Å². The summed E-state index contributed by atoms with van der Waals surface area (Å²) >= 11 is 18.9. The summed E-state index contributed by atoms with van der Waals surface area (Å²) in [6.45, 7) is 0.927. The number of methoxy groups -OCH3 is 1. The van der Waals surface area contributed by atoms with Crippen molar-refractivity contribution in [3.63, 3.8) is 0 Å². The monoisotopic (exact) mass is 461 g/mol. The van der Waals surface area contributed by atoms with Gasteiger partial charge in [0.25, 0.3) is 0 Å². The second kappa shape index (κ2) is 7.87. The summed E-state index contributed by atoms with van der Waals surface area (Å²) in [4.78, 5) is 15.0. The number of fused-ring (bicyclic) bond motifs is 1. The maximum absolute atomic E-state index is 12.5. The van der Waals surface area contributed by atoms with Gasteiger partial charge in [-0.25, -0.2) is 0 Å². The number of carbonyl (C=O) groups is 1. The molecule has 0 saturated carbocycles. The van der Waals surface area contributed by atoms with Crippen molar-refractivity contribution >= 4 is 46.8 Å². The molecule has 2 aromatic carbocycles. The molecule has 2 aromatic rings. The van der Waals surface area contributed by atoms with Gasteiger partial charge in [0.05, 0.1) is 13.0 Å². The lowest BCUT2D eigenvalue weighted by Gasteiger charge is -2.50. The van der Waals surface area contributed by atoms with Crippen LogP contribution in [0.25, 0.3) is 17.2 Å². The lowest BCUT2D eigenvalue weighted by Crippen LogP contribution is -2.58. The molecule has 0 aromatic heterocycles. The molecule has 0 radical (unpaired) electrons. The smallest absolute Gasteiger partial charge is 0.310 e. The maximum atomic E-state index is 12.5. The first-order valence-electron chi connectivity index (χ1n) is 10.2. The fraction of sp³-hybridized carbons (Fsp3) is 0.375. The number of hydrogen-bond acceptors (Lipinski definition) is 3. The number of nitrogens with zero attached hydrogens (tertiary/aromatic N) is 1. The molecular formula is C24H22Cl3NO2. The fourth-order valence-electron chi connectivity index (χ4n) is 5.66. The Morgan fingerprint density at radius 3 is 2.57 bits per heavy atom. The Bertz CT molecular complexity index is 1030. The molecule has 0 N–H and O–H groups in total. The van der Waals surface area contributed by atoms with Crippen molar-refractivity contribution in [1.29, 1.82) is 0 Å². The highest BCUT2D eigenvalue weighted by Crippen LogP contribution is 2.51. The van der Waals surface area contributed by atoms with Crippen LogP contribution in [0.15, 0.2) is 42.0 Å². The number of esters is 1. The number of halogens is 3. The third kappa shape index (κ3) is 3.46. The van der Waals surface area contributed by atoms with Crippen LogP contribution in [0.5, 0.6) is 0 Å². The van der Waals surface area contributed by atoms with E-state index in [9.17, 15) is 4.79 Å². The number of piperidine rings is 3. The first kappa shape index (κ1) is 20.4. The molecule has 3 nitrogen and oxygen atoms in total. The first-order valence-corrected chi connectivity index (χ1v) is 11.4. The van der Waals surface area contributed by atoms with Crippen molar-refractivity contribution in [3.8, 4) is 11.1 Å². The zero-order valence-electron chi connectivity index (χ0n) is 16.6. The summed E-state index contributed by atoms with van der Waals surface area (Å²) in [5.74, 6) is 0.120. The van der Waals surface area contributed by atoms with Gasteiger partial charge in [0.1, 0.15) is 0 Å². The molecule has 4 bridgehead atoms. The fourth-order valence-corrected chi connectivity index (χ4v) is 6.48. The molecule has 5 atom stereocenters. The number of benzene rings is 2. The molecule has 0 amide bonds. The van der Waals surface area contributed by atoms with Crippen molar-refractivity contribution in [2.75, 3.05) is 13.7 Å². The summed E-state index contributed by atoms with van der Waals surface area (Å²) in [5, 5.41) is 1.81. The minimum atomic E-state index is -0.0767. The molecule has 0 aliphatic carbocycles. The number of ether oxygens (including phenoxy) is 1. The maximum Gasteiger partial charge on any atom is 0.310 e. The lowest BCUT2D eigenvalue weighted by molar-refractivity contribution is -0.153. The Hall–Kier alpha value is -1.52. The van der Waals surface area contributed by atoms with Crippen LogP contribution in [0.1, 0.15) is 24.8 Å². The van der Waals surface area contributed by atoms with Crippen LogP contribution in [-0.4, -0.2) is 36.6 Å². The Morgan fingerprint density at radius 2 is 1.87 bits per heavy atom. The molecule has 4 saturated heterocycles. The largest absolute Gasteiger partial charge is 0.469 e. The van der Waals surface area contributed by atoms with E-state index < -0.39 is 0 Å². The van der Waals surface area contributed by atoms with Crippen LogP contribution >= 0.6 is 34.8 Å². The molecule has 4 aliphatic rings. The van der Waals surface area contributed by atoms with E-state index in [0.717, 1.165) is 36.1 Å².